The molecular formula is C12H14ClNO2. The minimum Gasteiger partial charge on any atom is -0.459 e. The third-order valence-corrected chi connectivity index (χ3v) is 2.94. The standard InChI is InChI=1S/C12H14ClNO2/c1-7(15-2)12(14)11-6-8-5-9(13)3-4-10(8)16-11/h3-7,12H,14H2,1-2H3. The van der Waals surface area contributed by atoms with Gasteiger partial charge in [0.2, 0.25) is 0 Å². The average molecular weight is 240 g/mol. The van der Waals surface area contributed by atoms with Crippen molar-refractivity contribution in [2.45, 2.75) is 19.1 Å². The molecule has 0 aliphatic heterocycles. The van der Waals surface area contributed by atoms with Crippen LogP contribution in [0.25, 0.3) is 11.0 Å². The van der Waals surface area contributed by atoms with E-state index in [0.717, 1.165) is 11.0 Å². The van der Waals surface area contributed by atoms with Gasteiger partial charge in [-0.25, -0.2) is 0 Å². The Kier molecular flexibility index (Phi) is 3.19. The number of furan rings is 1. The summed E-state index contributed by atoms with van der Waals surface area (Å²) in [6.07, 6.45) is -0.0870. The first-order valence-electron chi connectivity index (χ1n) is 5.09. The molecule has 2 aromatic rings. The van der Waals surface area contributed by atoms with Crippen LogP contribution in [-0.2, 0) is 4.74 Å². The first-order valence-corrected chi connectivity index (χ1v) is 5.47. The highest BCUT2D eigenvalue weighted by atomic mass is 35.5. The average Bonchev–Trinajstić information content (AvgIpc) is 2.69. The van der Waals surface area contributed by atoms with Gasteiger partial charge in [0.15, 0.2) is 0 Å². The molecule has 4 heteroatoms. The minimum absolute atomic E-state index is 0.0870. The molecule has 16 heavy (non-hydrogen) atoms. The molecule has 0 fully saturated rings. The summed E-state index contributed by atoms with van der Waals surface area (Å²) < 4.78 is 10.8. The molecule has 1 aromatic carbocycles. The number of benzene rings is 1. The SMILES string of the molecule is COC(C)C(N)c1cc2cc(Cl)ccc2o1. The fourth-order valence-corrected chi connectivity index (χ4v) is 1.76. The van der Waals surface area contributed by atoms with Crippen LogP contribution in [0.4, 0.5) is 0 Å². The van der Waals surface area contributed by atoms with Crippen LogP contribution in [0.15, 0.2) is 28.7 Å². The lowest BCUT2D eigenvalue weighted by Crippen LogP contribution is -2.24. The van der Waals surface area contributed by atoms with Crippen LogP contribution in [0.5, 0.6) is 0 Å². The van der Waals surface area contributed by atoms with Gasteiger partial charge in [-0.2, -0.15) is 0 Å². The summed E-state index contributed by atoms with van der Waals surface area (Å²) in [6.45, 7) is 1.91. The number of halogens is 1. The van der Waals surface area contributed by atoms with E-state index in [2.05, 4.69) is 0 Å². The first kappa shape index (κ1) is 11.5. The Bertz CT molecular complexity index is 495. The molecule has 0 aliphatic rings. The van der Waals surface area contributed by atoms with Crippen molar-refractivity contribution in [3.63, 3.8) is 0 Å². The zero-order chi connectivity index (χ0) is 11.7. The molecule has 0 aliphatic carbocycles. The summed E-state index contributed by atoms with van der Waals surface area (Å²) in [5.41, 5.74) is 6.79. The molecule has 2 rings (SSSR count). The van der Waals surface area contributed by atoms with Gasteiger partial charge >= 0.3 is 0 Å². The summed E-state index contributed by atoms with van der Waals surface area (Å²) in [5.74, 6) is 0.714. The molecule has 2 atom stereocenters. The maximum Gasteiger partial charge on any atom is 0.134 e. The van der Waals surface area contributed by atoms with E-state index in [1.807, 2.05) is 25.1 Å². The summed E-state index contributed by atoms with van der Waals surface area (Å²) in [7, 11) is 1.63. The van der Waals surface area contributed by atoms with Crippen molar-refractivity contribution >= 4 is 22.6 Å². The molecule has 2 unspecified atom stereocenters. The number of rotatable bonds is 3. The van der Waals surface area contributed by atoms with Gasteiger partial charge in [0.25, 0.3) is 0 Å². The minimum atomic E-state index is -0.267. The van der Waals surface area contributed by atoms with Crippen LogP contribution in [0.2, 0.25) is 5.02 Å². The molecule has 0 saturated heterocycles. The van der Waals surface area contributed by atoms with E-state index in [1.165, 1.54) is 0 Å². The smallest absolute Gasteiger partial charge is 0.134 e. The second-order valence-electron chi connectivity index (χ2n) is 3.80. The zero-order valence-electron chi connectivity index (χ0n) is 9.24. The van der Waals surface area contributed by atoms with Crippen LogP contribution < -0.4 is 5.73 Å². The van der Waals surface area contributed by atoms with Gasteiger partial charge in [0, 0.05) is 17.5 Å². The quantitative estimate of drug-likeness (QED) is 0.895. The summed E-state index contributed by atoms with van der Waals surface area (Å²) in [5, 5.41) is 1.65. The van der Waals surface area contributed by atoms with E-state index in [9.17, 15) is 0 Å². The molecule has 1 aromatic heterocycles. The Balaban J connectivity index is 2.39. The Morgan fingerprint density at radius 2 is 2.12 bits per heavy atom. The number of fused-ring (bicyclic) bond motifs is 1. The molecule has 1 heterocycles. The van der Waals surface area contributed by atoms with Gasteiger partial charge in [-0.1, -0.05) is 11.6 Å². The maximum absolute atomic E-state index is 6.00. The molecule has 86 valence electrons. The molecule has 3 nitrogen and oxygen atoms in total. The Morgan fingerprint density at radius 1 is 1.38 bits per heavy atom. The third-order valence-electron chi connectivity index (χ3n) is 2.70. The number of hydrogen-bond acceptors (Lipinski definition) is 3. The van der Waals surface area contributed by atoms with Crippen molar-refractivity contribution in [3.8, 4) is 0 Å². The van der Waals surface area contributed by atoms with Crippen molar-refractivity contribution in [1.82, 2.24) is 0 Å². The summed E-state index contributed by atoms with van der Waals surface area (Å²) >= 11 is 5.90. The highest BCUT2D eigenvalue weighted by Crippen LogP contribution is 2.27. The van der Waals surface area contributed by atoms with Crippen LogP contribution in [0.1, 0.15) is 18.7 Å². The Morgan fingerprint density at radius 3 is 2.81 bits per heavy atom. The van der Waals surface area contributed by atoms with Crippen molar-refractivity contribution in [2.24, 2.45) is 5.73 Å². The molecule has 0 radical (unpaired) electrons. The van der Waals surface area contributed by atoms with Crippen molar-refractivity contribution < 1.29 is 9.15 Å². The van der Waals surface area contributed by atoms with E-state index in [4.69, 9.17) is 26.5 Å². The molecule has 0 spiro atoms. The second kappa shape index (κ2) is 4.45. The predicted octanol–water partition coefficient (Wildman–Crippen LogP) is 3.12. The molecule has 0 amide bonds. The fourth-order valence-electron chi connectivity index (χ4n) is 1.58. The van der Waals surface area contributed by atoms with Gasteiger partial charge in [-0.15, -0.1) is 0 Å². The van der Waals surface area contributed by atoms with Crippen LogP contribution in [-0.4, -0.2) is 13.2 Å². The predicted molar refractivity (Wildman–Crippen MR) is 64.6 cm³/mol. The monoisotopic (exact) mass is 239 g/mol. The highest BCUT2D eigenvalue weighted by molar-refractivity contribution is 6.31. The Hall–Kier alpha value is -1.03. The van der Waals surface area contributed by atoms with E-state index in [-0.39, 0.29) is 12.1 Å². The third kappa shape index (κ3) is 2.07. The lowest BCUT2D eigenvalue weighted by Gasteiger charge is -2.15. The van der Waals surface area contributed by atoms with E-state index < -0.39 is 0 Å². The zero-order valence-corrected chi connectivity index (χ0v) is 9.99. The van der Waals surface area contributed by atoms with Gasteiger partial charge in [-0.05, 0) is 31.2 Å². The molecule has 0 bridgehead atoms. The van der Waals surface area contributed by atoms with Gasteiger partial charge in [0.1, 0.15) is 11.3 Å². The Labute approximate surface area is 99.1 Å². The number of hydrogen-bond donors (Lipinski definition) is 1. The van der Waals surface area contributed by atoms with E-state index in [0.29, 0.717) is 10.8 Å². The molecule has 0 saturated carbocycles. The van der Waals surface area contributed by atoms with E-state index in [1.54, 1.807) is 13.2 Å². The lowest BCUT2D eigenvalue weighted by molar-refractivity contribution is 0.0895. The molecular weight excluding hydrogens is 226 g/mol. The van der Waals surface area contributed by atoms with Crippen molar-refractivity contribution in [1.29, 1.82) is 0 Å². The maximum atomic E-state index is 6.00. The van der Waals surface area contributed by atoms with Crippen LogP contribution >= 0.6 is 11.6 Å². The second-order valence-corrected chi connectivity index (χ2v) is 4.23. The molecule has 2 N–H and O–H groups in total. The largest absolute Gasteiger partial charge is 0.459 e. The number of ether oxygens (including phenoxy) is 1. The summed E-state index contributed by atoms with van der Waals surface area (Å²) in [4.78, 5) is 0. The van der Waals surface area contributed by atoms with Gasteiger partial charge < -0.3 is 14.9 Å². The van der Waals surface area contributed by atoms with Crippen LogP contribution in [0, 0.1) is 0 Å². The van der Waals surface area contributed by atoms with Crippen molar-refractivity contribution in [2.75, 3.05) is 7.11 Å². The summed E-state index contributed by atoms with van der Waals surface area (Å²) in [6, 6.07) is 7.12. The topological polar surface area (TPSA) is 48.4 Å². The van der Waals surface area contributed by atoms with E-state index >= 15 is 0 Å². The lowest BCUT2D eigenvalue weighted by atomic mass is 10.1. The van der Waals surface area contributed by atoms with Crippen LogP contribution in [0.3, 0.4) is 0 Å². The normalized spacial score (nSPS) is 15.2. The van der Waals surface area contributed by atoms with Crippen molar-refractivity contribution in [3.05, 3.63) is 35.0 Å². The number of nitrogens with two attached hydrogens (primary N) is 1. The fraction of sp³-hybridized carbons (Fsp3) is 0.333. The number of methoxy groups -OCH3 is 1. The van der Waals surface area contributed by atoms with Gasteiger partial charge in [-0.3, -0.25) is 0 Å². The highest BCUT2D eigenvalue weighted by Gasteiger charge is 2.18. The van der Waals surface area contributed by atoms with Gasteiger partial charge in [0.05, 0.1) is 12.1 Å². The first-order chi connectivity index (χ1) is 7.61.